The number of hydrogen-bond acceptors (Lipinski definition) is 4. The van der Waals surface area contributed by atoms with Crippen LogP contribution in [0.4, 0.5) is 0 Å². The number of thiazole rings is 1. The number of methoxy groups -OCH3 is 1. The number of hydrogen-bond donors (Lipinski definition) is 0. The van der Waals surface area contributed by atoms with Gasteiger partial charge in [0, 0.05) is 11.0 Å². The summed E-state index contributed by atoms with van der Waals surface area (Å²) in [5, 5.41) is 0. The first-order valence-electron chi connectivity index (χ1n) is 8.64. The van der Waals surface area contributed by atoms with Crippen LogP contribution in [0, 0.1) is 5.41 Å². The summed E-state index contributed by atoms with van der Waals surface area (Å²) in [5.41, 5.74) is 0.913. The lowest BCUT2D eigenvalue weighted by Crippen LogP contribution is -2.29. The average molecular weight is 382 g/mol. The van der Waals surface area contributed by atoms with E-state index in [0.717, 1.165) is 10.2 Å². The van der Waals surface area contributed by atoms with Crippen LogP contribution < -0.4 is 9.54 Å². The maximum Gasteiger partial charge on any atom is 0.279 e. The van der Waals surface area contributed by atoms with Gasteiger partial charge in [0.15, 0.2) is 10.6 Å². The quantitative estimate of drug-likeness (QED) is 0.683. The molecule has 0 aliphatic rings. The average Bonchev–Trinajstić information content (AvgIpc) is 2.98. The van der Waals surface area contributed by atoms with Gasteiger partial charge in [0.1, 0.15) is 5.75 Å². The first-order valence-corrected chi connectivity index (χ1v) is 9.46. The lowest BCUT2D eigenvalue weighted by atomic mass is 9.91. The molecule has 140 valence electrons. The van der Waals surface area contributed by atoms with Crippen LogP contribution in [0.15, 0.2) is 53.5 Å². The van der Waals surface area contributed by atoms with E-state index in [-0.39, 0.29) is 18.2 Å². The Balaban J connectivity index is 2.06. The standard InChI is InChI=1S/C21H22N2O3S/c1-21(2,3)18(24)13-23-16-7-5-6-8-17(16)27-20(23)22-19(25)14-9-11-15(26-4)12-10-14/h5-12H,13H2,1-4H3. The van der Waals surface area contributed by atoms with Crippen molar-refractivity contribution in [3.8, 4) is 5.75 Å². The number of carbonyl (C=O) groups excluding carboxylic acids is 2. The van der Waals surface area contributed by atoms with E-state index in [1.165, 1.54) is 11.3 Å². The molecule has 0 spiro atoms. The Morgan fingerprint density at radius 2 is 1.74 bits per heavy atom. The molecule has 0 unspecified atom stereocenters. The van der Waals surface area contributed by atoms with Gasteiger partial charge in [-0.05, 0) is 36.4 Å². The van der Waals surface area contributed by atoms with Crippen molar-refractivity contribution in [2.75, 3.05) is 7.11 Å². The smallest absolute Gasteiger partial charge is 0.279 e. The predicted octanol–water partition coefficient (Wildman–Crippen LogP) is 4.07. The van der Waals surface area contributed by atoms with Crippen LogP contribution in [0.5, 0.6) is 5.75 Å². The monoisotopic (exact) mass is 382 g/mol. The molecular formula is C21H22N2O3S. The largest absolute Gasteiger partial charge is 0.497 e. The molecule has 0 radical (unpaired) electrons. The number of ether oxygens (including phenoxy) is 1. The number of ketones is 1. The van der Waals surface area contributed by atoms with Crippen molar-refractivity contribution in [1.29, 1.82) is 0 Å². The van der Waals surface area contributed by atoms with Crippen LogP contribution in [0.1, 0.15) is 31.1 Å². The first kappa shape index (κ1) is 19.0. The molecule has 0 saturated carbocycles. The van der Waals surface area contributed by atoms with Crippen LogP contribution in [-0.4, -0.2) is 23.4 Å². The maximum absolute atomic E-state index is 12.6. The van der Waals surface area contributed by atoms with Gasteiger partial charge in [0.2, 0.25) is 0 Å². The molecule has 3 aromatic rings. The summed E-state index contributed by atoms with van der Waals surface area (Å²) in [5.74, 6) is 0.421. The minimum Gasteiger partial charge on any atom is -0.497 e. The zero-order valence-corrected chi connectivity index (χ0v) is 16.7. The van der Waals surface area contributed by atoms with Crippen molar-refractivity contribution in [3.05, 3.63) is 58.9 Å². The van der Waals surface area contributed by atoms with Crippen molar-refractivity contribution >= 4 is 33.2 Å². The second-order valence-corrected chi connectivity index (χ2v) is 8.27. The number of Topliss-reactive ketones (excluding diaryl/α,β-unsaturated/α-hetero) is 1. The Hall–Kier alpha value is -2.73. The number of aromatic nitrogens is 1. The number of benzene rings is 2. The Bertz CT molecular complexity index is 1050. The molecule has 1 amide bonds. The highest BCUT2D eigenvalue weighted by atomic mass is 32.1. The van der Waals surface area contributed by atoms with Crippen LogP contribution in [-0.2, 0) is 11.3 Å². The normalized spacial score (nSPS) is 12.4. The lowest BCUT2D eigenvalue weighted by molar-refractivity contribution is -0.126. The zero-order chi connectivity index (χ0) is 19.6. The minimum absolute atomic E-state index is 0.0874. The van der Waals surface area contributed by atoms with Crippen molar-refractivity contribution in [2.24, 2.45) is 10.4 Å². The van der Waals surface area contributed by atoms with Crippen LogP contribution in [0.2, 0.25) is 0 Å². The number of fused-ring (bicyclic) bond motifs is 1. The van der Waals surface area contributed by atoms with Gasteiger partial charge in [-0.1, -0.05) is 44.2 Å². The summed E-state index contributed by atoms with van der Waals surface area (Å²) in [4.78, 5) is 30.1. The second kappa shape index (κ2) is 7.48. The van der Waals surface area contributed by atoms with E-state index >= 15 is 0 Å². The number of nitrogens with zero attached hydrogens (tertiary/aromatic N) is 2. The van der Waals surface area contributed by atoms with Gasteiger partial charge in [-0.3, -0.25) is 9.59 Å². The van der Waals surface area contributed by atoms with Crippen LogP contribution in [0.3, 0.4) is 0 Å². The first-order chi connectivity index (χ1) is 12.8. The third-order valence-electron chi connectivity index (χ3n) is 4.26. The summed E-state index contributed by atoms with van der Waals surface area (Å²) < 4.78 is 7.94. The Morgan fingerprint density at radius 1 is 1.07 bits per heavy atom. The molecule has 0 saturated heterocycles. The summed E-state index contributed by atoms with van der Waals surface area (Å²) >= 11 is 1.41. The Kier molecular flexibility index (Phi) is 5.28. The molecule has 0 atom stereocenters. The molecule has 0 fully saturated rings. The van der Waals surface area contributed by atoms with Gasteiger partial charge >= 0.3 is 0 Å². The van der Waals surface area contributed by atoms with E-state index in [1.54, 1.807) is 31.4 Å². The predicted molar refractivity (Wildman–Crippen MR) is 107 cm³/mol. The molecule has 0 bridgehead atoms. The molecule has 0 aliphatic carbocycles. The SMILES string of the molecule is COc1ccc(C(=O)N=c2sc3ccccc3n2CC(=O)C(C)(C)C)cc1. The number of carbonyl (C=O) groups is 2. The molecule has 1 heterocycles. The highest BCUT2D eigenvalue weighted by molar-refractivity contribution is 7.16. The molecule has 0 aliphatic heterocycles. The van der Waals surface area contributed by atoms with Gasteiger partial charge in [-0.15, -0.1) is 0 Å². The topological polar surface area (TPSA) is 60.7 Å². The Labute approximate surface area is 161 Å². The molecule has 2 aromatic carbocycles. The van der Waals surface area contributed by atoms with Gasteiger partial charge < -0.3 is 9.30 Å². The highest BCUT2D eigenvalue weighted by Gasteiger charge is 2.23. The van der Waals surface area contributed by atoms with E-state index < -0.39 is 5.41 Å². The summed E-state index contributed by atoms with van der Waals surface area (Å²) in [6, 6.07) is 14.6. The van der Waals surface area contributed by atoms with E-state index in [1.807, 2.05) is 49.6 Å². The highest BCUT2D eigenvalue weighted by Crippen LogP contribution is 2.20. The molecule has 3 rings (SSSR count). The molecule has 1 aromatic heterocycles. The molecule has 27 heavy (non-hydrogen) atoms. The summed E-state index contributed by atoms with van der Waals surface area (Å²) in [6.45, 7) is 5.86. The maximum atomic E-state index is 12.6. The van der Waals surface area contributed by atoms with Gasteiger partial charge in [0.05, 0.1) is 23.9 Å². The van der Waals surface area contributed by atoms with Crippen molar-refractivity contribution < 1.29 is 14.3 Å². The molecule has 5 nitrogen and oxygen atoms in total. The minimum atomic E-state index is -0.465. The van der Waals surface area contributed by atoms with Crippen molar-refractivity contribution in [2.45, 2.75) is 27.3 Å². The fourth-order valence-corrected chi connectivity index (χ4v) is 3.55. The number of para-hydroxylation sites is 1. The second-order valence-electron chi connectivity index (χ2n) is 7.26. The fraction of sp³-hybridized carbons (Fsp3) is 0.286. The van der Waals surface area contributed by atoms with Gasteiger partial charge in [0.25, 0.3) is 5.91 Å². The summed E-state index contributed by atoms with van der Waals surface area (Å²) in [6.07, 6.45) is 0. The third-order valence-corrected chi connectivity index (χ3v) is 5.32. The Morgan fingerprint density at radius 3 is 2.37 bits per heavy atom. The van der Waals surface area contributed by atoms with E-state index in [2.05, 4.69) is 4.99 Å². The van der Waals surface area contributed by atoms with E-state index in [0.29, 0.717) is 16.1 Å². The van der Waals surface area contributed by atoms with Gasteiger partial charge in [-0.25, -0.2) is 0 Å². The number of rotatable bonds is 4. The zero-order valence-electron chi connectivity index (χ0n) is 15.9. The van der Waals surface area contributed by atoms with Crippen molar-refractivity contribution in [1.82, 2.24) is 4.57 Å². The third kappa shape index (κ3) is 4.17. The van der Waals surface area contributed by atoms with E-state index in [4.69, 9.17) is 4.74 Å². The van der Waals surface area contributed by atoms with Gasteiger partial charge in [-0.2, -0.15) is 4.99 Å². The fourth-order valence-electron chi connectivity index (χ4n) is 2.52. The number of amides is 1. The molecule has 0 N–H and O–H groups in total. The summed E-state index contributed by atoms with van der Waals surface area (Å²) in [7, 11) is 1.58. The van der Waals surface area contributed by atoms with Crippen molar-refractivity contribution in [3.63, 3.8) is 0 Å². The van der Waals surface area contributed by atoms with Crippen LogP contribution >= 0.6 is 11.3 Å². The molecule has 6 heteroatoms. The molecular weight excluding hydrogens is 360 g/mol. The van der Waals surface area contributed by atoms with Crippen LogP contribution in [0.25, 0.3) is 10.2 Å². The van der Waals surface area contributed by atoms with E-state index in [9.17, 15) is 9.59 Å². The lowest BCUT2D eigenvalue weighted by Gasteiger charge is -2.17.